The predicted molar refractivity (Wildman–Crippen MR) is 124 cm³/mol. The second-order valence-corrected chi connectivity index (χ2v) is 7.79. The molecule has 31 heavy (non-hydrogen) atoms. The predicted octanol–water partition coefficient (Wildman–Crippen LogP) is 3.24. The Morgan fingerprint density at radius 1 is 1.16 bits per heavy atom. The van der Waals surface area contributed by atoms with Gasteiger partial charge in [-0.25, -0.2) is 14.8 Å². The molecule has 162 valence electrons. The Bertz CT molecular complexity index is 1230. The van der Waals surface area contributed by atoms with Gasteiger partial charge in [0, 0.05) is 25.0 Å². The Morgan fingerprint density at radius 2 is 1.97 bits per heavy atom. The number of aromatic nitrogens is 4. The van der Waals surface area contributed by atoms with Crippen molar-refractivity contribution < 1.29 is 4.74 Å². The molecule has 0 saturated carbocycles. The Balaban J connectivity index is 1.46. The lowest BCUT2D eigenvalue weighted by atomic mass is 10.2. The summed E-state index contributed by atoms with van der Waals surface area (Å²) in [6.07, 6.45) is 2.54. The molecule has 0 aliphatic carbocycles. The molecule has 0 spiro atoms. The molecule has 2 aromatic heterocycles. The number of nitrogens with one attached hydrogen (secondary N) is 2. The molecule has 0 fully saturated rings. The lowest BCUT2D eigenvalue weighted by molar-refractivity contribution is 0.281. The molecule has 0 radical (unpaired) electrons. The number of hydrogen-bond acceptors (Lipinski definition) is 6. The van der Waals surface area contributed by atoms with E-state index in [4.69, 9.17) is 4.74 Å². The average Bonchev–Trinajstić information content (AvgIpc) is 3.08. The summed E-state index contributed by atoms with van der Waals surface area (Å²) in [5.41, 5.74) is 3.45. The standard InChI is InChI=1S/C23H28N6O2/c1-4-29-21-13-19-18(12-20(21)27-23(29)30)22(26-15-25-19)24-14-16-6-8-17(9-7-16)31-11-5-10-28(2)3/h6-9,12-13,15H,4-5,10-11,14H2,1-3H3,(H,27,30)(H,24,25,26). The van der Waals surface area contributed by atoms with Crippen LogP contribution >= 0.6 is 0 Å². The van der Waals surface area contributed by atoms with Gasteiger partial charge in [0.2, 0.25) is 0 Å². The van der Waals surface area contributed by atoms with Crippen LogP contribution in [0.3, 0.4) is 0 Å². The lowest BCUT2D eigenvalue weighted by Gasteiger charge is -2.11. The second kappa shape index (κ2) is 9.18. The monoisotopic (exact) mass is 420 g/mol. The fourth-order valence-electron chi connectivity index (χ4n) is 3.62. The number of rotatable bonds is 9. The van der Waals surface area contributed by atoms with Crippen LogP contribution in [0, 0.1) is 0 Å². The summed E-state index contributed by atoms with van der Waals surface area (Å²) in [7, 11) is 4.12. The van der Waals surface area contributed by atoms with Crippen LogP contribution in [-0.4, -0.2) is 51.7 Å². The number of hydrogen-bond donors (Lipinski definition) is 2. The summed E-state index contributed by atoms with van der Waals surface area (Å²) in [5, 5.41) is 4.27. The number of fused-ring (bicyclic) bond motifs is 2. The molecule has 8 heteroatoms. The number of nitrogens with zero attached hydrogens (tertiary/aromatic N) is 4. The third kappa shape index (κ3) is 4.69. The number of anilines is 1. The van der Waals surface area contributed by atoms with E-state index in [1.807, 2.05) is 31.2 Å². The van der Waals surface area contributed by atoms with Crippen molar-refractivity contribution in [3.63, 3.8) is 0 Å². The Hall–Kier alpha value is -3.39. The first kappa shape index (κ1) is 20.9. The van der Waals surface area contributed by atoms with Crippen LogP contribution in [0.4, 0.5) is 5.82 Å². The van der Waals surface area contributed by atoms with Gasteiger partial charge in [-0.15, -0.1) is 0 Å². The normalized spacial score (nSPS) is 11.5. The lowest BCUT2D eigenvalue weighted by Crippen LogP contribution is -2.15. The summed E-state index contributed by atoms with van der Waals surface area (Å²) < 4.78 is 7.50. The van der Waals surface area contributed by atoms with E-state index >= 15 is 0 Å². The number of aryl methyl sites for hydroxylation is 1. The molecule has 2 heterocycles. The highest BCUT2D eigenvalue weighted by atomic mass is 16.5. The zero-order valence-electron chi connectivity index (χ0n) is 18.2. The molecule has 8 nitrogen and oxygen atoms in total. The fourth-order valence-corrected chi connectivity index (χ4v) is 3.62. The first-order valence-electron chi connectivity index (χ1n) is 10.5. The molecule has 0 saturated heterocycles. The maximum Gasteiger partial charge on any atom is 0.326 e. The maximum atomic E-state index is 12.1. The minimum Gasteiger partial charge on any atom is -0.494 e. The maximum absolute atomic E-state index is 12.1. The molecular formula is C23H28N6O2. The molecule has 0 unspecified atom stereocenters. The van der Waals surface area contributed by atoms with Gasteiger partial charge in [-0.05, 0) is 57.3 Å². The molecular weight excluding hydrogens is 392 g/mol. The van der Waals surface area contributed by atoms with Crippen LogP contribution in [-0.2, 0) is 13.1 Å². The third-order valence-electron chi connectivity index (χ3n) is 5.25. The van der Waals surface area contributed by atoms with Crippen molar-refractivity contribution in [3.8, 4) is 5.75 Å². The van der Waals surface area contributed by atoms with Crippen molar-refractivity contribution >= 4 is 27.8 Å². The number of aromatic amines is 1. The highest BCUT2D eigenvalue weighted by Gasteiger charge is 2.10. The van der Waals surface area contributed by atoms with Crippen molar-refractivity contribution in [2.24, 2.45) is 0 Å². The zero-order chi connectivity index (χ0) is 21.8. The van der Waals surface area contributed by atoms with Crippen LogP contribution in [0.1, 0.15) is 18.9 Å². The molecule has 4 aromatic rings. The van der Waals surface area contributed by atoms with Gasteiger partial charge in [0.1, 0.15) is 17.9 Å². The van der Waals surface area contributed by atoms with Gasteiger partial charge in [-0.3, -0.25) is 4.57 Å². The summed E-state index contributed by atoms with van der Waals surface area (Å²) in [6, 6.07) is 12.0. The van der Waals surface area contributed by atoms with Crippen LogP contribution in [0.25, 0.3) is 21.9 Å². The van der Waals surface area contributed by atoms with Gasteiger partial charge in [0.15, 0.2) is 0 Å². The smallest absolute Gasteiger partial charge is 0.326 e. The fraction of sp³-hybridized carbons (Fsp3) is 0.348. The van der Waals surface area contributed by atoms with Gasteiger partial charge >= 0.3 is 5.69 Å². The first-order chi connectivity index (χ1) is 15.0. The average molecular weight is 421 g/mol. The van der Waals surface area contributed by atoms with Gasteiger partial charge in [-0.1, -0.05) is 12.1 Å². The van der Waals surface area contributed by atoms with E-state index in [0.29, 0.717) is 19.7 Å². The van der Waals surface area contributed by atoms with Gasteiger partial charge in [0.25, 0.3) is 0 Å². The Kier molecular flexibility index (Phi) is 6.18. The summed E-state index contributed by atoms with van der Waals surface area (Å²) in [6.45, 7) is 4.90. The summed E-state index contributed by atoms with van der Waals surface area (Å²) >= 11 is 0. The van der Waals surface area contributed by atoms with Gasteiger partial charge < -0.3 is 19.9 Å². The number of benzene rings is 2. The molecule has 4 rings (SSSR count). The highest BCUT2D eigenvalue weighted by molar-refractivity contribution is 5.98. The quantitative estimate of drug-likeness (QED) is 0.404. The number of ether oxygens (including phenoxy) is 1. The van der Waals surface area contributed by atoms with Crippen molar-refractivity contribution in [1.29, 1.82) is 0 Å². The topological polar surface area (TPSA) is 88.1 Å². The largest absolute Gasteiger partial charge is 0.494 e. The molecule has 0 atom stereocenters. The van der Waals surface area contributed by atoms with Crippen molar-refractivity contribution in [3.05, 3.63) is 58.8 Å². The number of imidazole rings is 1. The second-order valence-electron chi connectivity index (χ2n) is 7.79. The van der Waals surface area contributed by atoms with Gasteiger partial charge in [-0.2, -0.15) is 0 Å². The zero-order valence-corrected chi connectivity index (χ0v) is 18.2. The van der Waals surface area contributed by atoms with Gasteiger partial charge in [0.05, 0.1) is 23.2 Å². The van der Waals surface area contributed by atoms with Crippen LogP contribution in [0.2, 0.25) is 0 Å². The molecule has 2 aromatic carbocycles. The van der Waals surface area contributed by atoms with Crippen molar-refractivity contribution in [2.75, 3.05) is 32.6 Å². The molecule has 0 bridgehead atoms. The van der Waals surface area contributed by atoms with E-state index in [2.05, 4.69) is 51.4 Å². The third-order valence-corrected chi connectivity index (χ3v) is 5.25. The summed E-state index contributed by atoms with van der Waals surface area (Å²) in [5.74, 6) is 1.61. The van der Waals surface area contributed by atoms with E-state index in [1.165, 1.54) is 0 Å². The minimum absolute atomic E-state index is 0.112. The minimum atomic E-state index is -0.112. The van der Waals surface area contributed by atoms with Crippen LogP contribution in [0.5, 0.6) is 5.75 Å². The SMILES string of the molecule is CCn1c(=O)[nH]c2cc3c(NCc4ccc(OCCCN(C)C)cc4)ncnc3cc21. The first-order valence-corrected chi connectivity index (χ1v) is 10.5. The van der Waals surface area contributed by atoms with E-state index in [0.717, 1.165) is 52.0 Å². The van der Waals surface area contributed by atoms with E-state index in [1.54, 1.807) is 10.9 Å². The molecule has 0 aliphatic rings. The molecule has 0 aliphatic heterocycles. The Labute approximate surface area is 180 Å². The van der Waals surface area contributed by atoms with Crippen LogP contribution in [0.15, 0.2) is 47.5 Å². The van der Waals surface area contributed by atoms with E-state index in [-0.39, 0.29) is 5.69 Å². The van der Waals surface area contributed by atoms with Crippen molar-refractivity contribution in [1.82, 2.24) is 24.4 Å². The van der Waals surface area contributed by atoms with E-state index in [9.17, 15) is 4.79 Å². The highest BCUT2D eigenvalue weighted by Crippen LogP contribution is 2.25. The van der Waals surface area contributed by atoms with E-state index < -0.39 is 0 Å². The molecule has 2 N–H and O–H groups in total. The Morgan fingerprint density at radius 3 is 2.71 bits per heavy atom. The van der Waals surface area contributed by atoms with Crippen molar-refractivity contribution in [2.45, 2.75) is 26.4 Å². The summed E-state index contributed by atoms with van der Waals surface area (Å²) in [4.78, 5) is 26.0. The van der Waals surface area contributed by atoms with Crippen LogP contribution < -0.4 is 15.7 Å². The molecule has 0 amide bonds. The number of H-pyrrole nitrogens is 1.